The first-order valence-corrected chi connectivity index (χ1v) is 4.68. The maximum Gasteiger partial charge on any atom is 0.121 e. The molecule has 0 aliphatic carbocycles. The largest absolute Gasteiger partial charge is 0.508 e. The smallest absolute Gasteiger partial charge is 0.121 e. The third-order valence-corrected chi connectivity index (χ3v) is 2.33. The Labute approximate surface area is 80.5 Å². The number of benzene rings is 1. The van der Waals surface area contributed by atoms with Gasteiger partial charge in [0.25, 0.3) is 0 Å². The predicted molar refractivity (Wildman–Crippen MR) is 53.0 cm³/mol. The fourth-order valence-corrected chi connectivity index (χ4v) is 1.40. The van der Waals surface area contributed by atoms with Crippen molar-refractivity contribution >= 4 is 15.9 Å². The minimum Gasteiger partial charge on any atom is -0.508 e. The summed E-state index contributed by atoms with van der Waals surface area (Å²) in [6.45, 7) is 1.99. The van der Waals surface area contributed by atoms with Crippen LogP contribution in [-0.2, 0) is 0 Å². The van der Waals surface area contributed by atoms with Crippen LogP contribution in [-0.4, -0.2) is 5.11 Å². The first-order chi connectivity index (χ1) is 5.65. The number of aromatic hydroxyl groups is 1. The quantitative estimate of drug-likeness (QED) is 0.820. The van der Waals surface area contributed by atoms with Gasteiger partial charge >= 0.3 is 0 Å². The lowest BCUT2D eigenvalue weighted by Crippen LogP contribution is -2.08. The monoisotopic (exact) mass is 229 g/mol. The Morgan fingerprint density at radius 1 is 1.58 bits per heavy atom. The minimum absolute atomic E-state index is 0.0712. The van der Waals surface area contributed by atoms with Gasteiger partial charge in [0.15, 0.2) is 0 Å². The van der Waals surface area contributed by atoms with Gasteiger partial charge in [-0.3, -0.25) is 0 Å². The molecular weight excluding hydrogens is 218 g/mol. The van der Waals surface area contributed by atoms with Crippen molar-refractivity contribution < 1.29 is 5.11 Å². The lowest BCUT2D eigenvalue weighted by Gasteiger charge is -2.10. The summed E-state index contributed by atoms with van der Waals surface area (Å²) in [5, 5.41) is 9.48. The van der Waals surface area contributed by atoms with E-state index < -0.39 is 0 Å². The summed E-state index contributed by atoms with van der Waals surface area (Å²) in [7, 11) is 0. The summed E-state index contributed by atoms with van der Waals surface area (Å²) in [5.41, 5.74) is 6.58. The second-order valence-corrected chi connectivity index (χ2v) is 3.63. The Hall–Kier alpha value is -0.540. The highest BCUT2D eigenvalue weighted by Crippen LogP contribution is 2.27. The highest BCUT2D eigenvalue weighted by atomic mass is 79.9. The molecule has 0 saturated heterocycles. The van der Waals surface area contributed by atoms with Crippen molar-refractivity contribution in [3.63, 3.8) is 0 Å². The van der Waals surface area contributed by atoms with Crippen LogP contribution in [0.2, 0.25) is 0 Å². The van der Waals surface area contributed by atoms with Crippen LogP contribution in [0.3, 0.4) is 0 Å². The molecule has 3 heteroatoms. The molecule has 0 spiro atoms. The zero-order valence-electron chi connectivity index (χ0n) is 6.92. The average molecular weight is 230 g/mol. The maximum atomic E-state index is 9.48. The third-order valence-electron chi connectivity index (χ3n) is 1.83. The molecule has 0 aliphatic heterocycles. The van der Waals surface area contributed by atoms with Gasteiger partial charge in [-0.15, -0.1) is 0 Å². The standard InChI is InChI=1S/C9H12BrNO/c1-2-8(11)7-4-3-6(10)5-9(7)12/h3-5,8,12H,2,11H2,1H3/t8-/m0/s1. The molecule has 0 bridgehead atoms. The van der Waals surface area contributed by atoms with E-state index >= 15 is 0 Å². The van der Waals surface area contributed by atoms with Gasteiger partial charge < -0.3 is 10.8 Å². The minimum atomic E-state index is -0.0712. The normalized spacial score (nSPS) is 12.9. The molecule has 1 aromatic rings. The van der Waals surface area contributed by atoms with Crippen LogP contribution < -0.4 is 5.73 Å². The van der Waals surface area contributed by atoms with E-state index in [4.69, 9.17) is 5.73 Å². The molecule has 3 N–H and O–H groups in total. The van der Waals surface area contributed by atoms with E-state index in [1.807, 2.05) is 19.1 Å². The molecule has 1 rings (SSSR count). The van der Waals surface area contributed by atoms with Gasteiger partial charge in [0.1, 0.15) is 5.75 Å². The van der Waals surface area contributed by atoms with Crippen LogP contribution in [0.15, 0.2) is 22.7 Å². The predicted octanol–water partition coefficient (Wildman–Crippen LogP) is 2.56. The first kappa shape index (κ1) is 9.55. The van der Waals surface area contributed by atoms with Gasteiger partial charge in [0.2, 0.25) is 0 Å². The molecule has 66 valence electrons. The summed E-state index contributed by atoms with van der Waals surface area (Å²) in [6.07, 6.45) is 0.829. The topological polar surface area (TPSA) is 46.2 Å². The van der Waals surface area contributed by atoms with Gasteiger partial charge in [0.05, 0.1) is 0 Å². The van der Waals surface area contributed by atoms with Crippen molar-refractivity contribution in [3.05, 3.63) is 28.2 Å². The summed E-state index contributed by atoms with van der Waals surface area (Å²) in [6, 6.07) is 5.31. The fourth-order valence-electron chi connectivity index (χ4n) is 1.05. The lowest BCUT2D eigenvalue weighted by molar-refractivity contribution is 0.460. The molecule has 0 heterocycles. The van der Waals surface area contributed by atoms with Crippen LogP contribution in [0.4, 0.5) is 0 Å². The van der Waals surface area contributed by atoms with E-state index in [-0.39, 0.29) is 11.8 Å². The second kappa shape index (κ2) is 3.92. The van der Waals surface area contributed by atoms with E-state index in [0.717, 1.165) is 16.5 Å². The number of nitrogens with two attached hydrogens (primary N) is 1. The van der Waals surface area contributed by atoms with E-state index in [1.165, 1.54) is 0 Å². The molecule has 1 aromatic carbocycles. The maximum absolute atomic E-state index is 9.48. The molecule has 0 radical (unpaired) electrons. The molecule has 0 unspecified atom stereocenters. The first-order valence-electron chi connectivity index (χ1n) is 3.89. The van der Waals surface area contributed by atoms with E-state index in [2.05, 4.69) is 15.9 Å². The number of hydrogen-bond donors (Lipinski definition) is 2. The van der Waals surface area contributed by atoms with E-state index in [9.17, 15) is 5.11 Å². The number of halogens is 1. The Balaban J connectivity index is 3.01. The second-order valence-electron chi connectivity index (χ2n) is 2.72. The molecule has 2 nitrogen and oxygen atoms in total. The average Bonchev–Trinajstić information content (AvgIpc) is 2.03. The van der Waals surface area contributed by atoms with E-state index in [0.29, 0.717) is 0 Å². The van der Waals surface area contributed by atoms with Crippen molar-refractivity contribution in [1.29, 1.82) is 0 Å². The Morgan fingerprint density at radius 2 is 2.25 bits per heavy atom. The van der Waals surface area contributed by atoms with Crippen LogP contribution in [0.25, 0.3) is 0 Å². The van der Waals surface area contributed by atoms with Crippen molar-refractivity contribution in [3.8, 4) is 5.75 Å². The van der Waals surface area contributed by atoms with Gasteiger partial charge in [-0.25, -0.2) is 0 Å². The summed E-state index contributed by atoms with van der Waals surface area (Å²) in [4.78, 5) is 0. The van der Waals surface area contributed by atoms with Gasteiger partial charge in [0, 0.05) is 16.1 Å². The van der Waals surface area contributed by atoms with Crippen LogP contribution in [0.5, 0.6) is 5.75 Å². The zero-order valence-corrected chi connectivity index (χ0v) is 8.51. The summed E-state index contributed by atoms with van der Waals surface area (Å²) < 4.78 is 0.868. The number of rotatable bonds is 2. The highest BCUT2D eigenvalue weighted by molar-refractivity contribution is 9.10. The molecule has 0 amide bonds. The molecule has 0 aliphatic rings. The molecule has 0 saturated carbocycles. The van der Waals surface area contributed by atoms with Crippen LogP contribution in [0.1, 0.15) is 24.9 Å². The summed E-state index contributed by atoms with van der Waals surface area (Å²) in [5.74, 6) is 0.263. The Morgan fingerprint density at radius 3 is 2.75 bits per heavy atom. The van der Waals surface area contributed by atoms with E-state index in [1.54, 1.807) is 6.07 Å². The Bertz CT molecular complexity index is 275. The molecule has 12 heavy (non-hydrogen) atoms. The van der Waals surface area contributed by atoms with Crippen LogP contribution >= 0.6 is 15.9 Å². The number of phenols is 1. The zero-order chi connectivity index (χ0) is 9.14. The molecule has 1 atom stereocenters. The van der Waals surface area contributed by atoms with Crippen LogP contribution in [0, 0.1) is 0 Å². The molecule has 0 fully saturated rings. The fraction of sp³-hybridized carbons (Fsp3) is 0.333. The third kappa shape index (κ3) is 1.99. The molecular formula is C9H12BrNO. The van der Waals surface area contributed by atoms with Crippen molar-refractivity contribution in [2.75, 3.05) is 0 Å². The SMILES string of the molecule is CC[C@H](N)c1ccc(Br)cc1O. The van der Waals surface area contributed by atoms with Gasteiger partial charge in [-0.2, -0.15) is 0 Å². The molecule has 0 aromatic heterocycles. The Kier molecular flexibility index (Phi) is 3.12. The van der Waals surface area contributed by atoms with Gasteiger partial charge in [-0.05, 0) is 18.6 Å². The van der Waals surface area contributed by atoms with Crippen molar-refractivity contribution in [1.82, 2.24) is 0 Å². The number of phenolic OH excluding ortho intramolecular Hbond substituents is 1. The highest BCUT2D eigenvalue weighted by Gasteiger charge is 2.08. The van der Waals surface area contributed by atoms with Crippen molar-refractivity contribution in [2.24, 2.45) is 5.73 Å². The van der Waals surface area contributed by atoms with Gasteiger partial charge in [-0.1, -0.05) is 28.9 Å². The van der Waals surface area contributed by atoms with Crippen molar-refractivity contribution in [2.45, 2.75) is 19.4 Å². The summed E-state index contributed by atoms with van der Waals surface area (Å²) >= 11 is 3.27. The number of hydrogen-bond acceptors (Lipinski definition) is 2. The lowest BCUT2D eigenvalue weighted by atomic mass is 10.0.